The first-order valence-corrected chi connectivity index (χ1v) is 6.61. The van der Waals surface area contributed by atoms with Crippen LogP contribution in [0.4, 0.5) is 5.69 Å². The van der Waals surface area contributed by atoms with E-state index in [9.17, 15) is 4.79 Å². The van der Waals surface area contributed by atoms with Gasteiger partial charge in [-0.1, -0.05) is 0 Å². The molecule has 0 aliphatic carbocycles. The summed E-state index contributed by atoms with van der Waals surface area (Å²) in [4.78, 5) is 14.6. The molecule has 21 heavy (non-hydrogen) atoms. The van der Waals surface area contributed by atoms with E-state index in [1.807, 2.05) is 6.07 Å². The largest absolute Gasteiger partial charge is 0.481 e. The summed E-state index contributed by atoms with van der Waals surface area (Å²) in [6, 6.07) is 3.65. The van der Waals surface area contributed by atoms with E-state index >= 15 is 0 Å². The summed E-state index contributed by atoms with van der Waals surface area (Å²) in [5.41, 5.74) is 1.47. The van der Waals surface area contributed by atoms with E-state index in [2.05, 4.69) is 30.7 Å². The Labute approximate surface area is 121 Å². The van der Waals surface area contributed by atoms with Gasteiger partial charge in [-0.05, 0) is 31.9 Å². The monoisotopic (exact) mass is 288 g/mol. The van der Waals surface area contributed by atoms with Crippen LogP contribution in [-0.4, -0.2) is 43.0 Å². The average Bonchev–Trinajstić information content (AvgIpc) is 2.48. The van der Waals surface area contributed by atoms with Crippen LogP contribution >= 0.6 is 0 Å². The minimum absolute atomic E-state index is 0.198. The molecule has 0 bridgehead atoms. The number of nitrogens with one attached hydrogen (secondary N) is 1. The van der Waals surface area contributed by atoms with E-state index in [-0.39, 0.29) is 6.42 Å². The first kappa shape index (κ1) is 14.8. The van der Waals surface area contributed by atoms with Crippen molar-refractivity contribution in [3.05, 3.63) is 24.2 Å². The number of rotatable bonds is 7. The fourth-order valence-corrected chi connectivity index (χ4v) is 1.65. The van der Waals surface area contributed by atoms with Gasteiger partial charge in [0.1, 0.15) is 5.69 Å². The van der Waals surface area contributed by atoms with Crippen molar-refractivity contribution >= 4 is 11.7 Å². The molecule has 0 aliphatic heterocycles. The van der Waals surface area contributed by atoms with Gasteiger partial charge in [-0.25, -0.2) is 0 Å². The summed E-state index contributed by atoms with van der Waals surface area (Å²) in [6.07, 6.45) is 3.32. The molecule has 2 N–H and O–H groups in total. The molecule has 2 aromatic heterocycles. The molecular weight excluding hydrogens is 272 g/mol. The standard InChI is InChI=1S/C13H16N6O2/c1-9-16-18-13(19-17-9)11-6-5-10(8-15-11)14-7-3-2-4-12(20)21/h5-6,8,14H,2-4,7H2,1H3,(H,20,21). The molecule has 0 aliphatic rings. The normalized spacial score (nSPS) is 10.3. The Morgan fingerprint density at radius 3 is 2.57 bits per heavy atom. The van der Waals surface area contributed by atoms with Crippen LogP contribution in [0.2, 0.25) is 0 Å². The Kier molecular flexibility index (Phi) is 5.08. The van der Waals surface area contributed by atoms with Crippen molar-refractivity contribution < 1.29 is 9.90 Å². The quantitative estimate of drug-likeness (QED) is 0.733. The van der Waals surface area contributed by atoms with Crippen LogP contribution in [0.25, 0.3) is 11.5 Å². The van der Waals surface area contributed by atoms with Crippen molar-refractivity contribution in [2.75, 3.05) is 11.9 Å². The molecule has 8 heteroatoms. The highest BCUT2D eigenvalue weighted by Gasteiger charge is 2.04. The number of hydrogen-bond acceptors (Lipinski definition) is 7. The van der Waals surface area contributed by atoms with E-state index in [0.29, 0.717) is 30.3 Å². The number of aromatic nitrogens is 5. The van der Waals surface area contributed by atoms with Gasteiger partial charge in [0.2, 0.25) is 5.82 Å². The molecule has 0 radical (unpaired) electrons. The molecule has 110 valence electrons. The van der Waals surface area contributed by atoms with Crippen LogP contribution < -0.4 is 5.32 Å². The maximum atomic E-state index is 10.4. The molecule has 0 saturated heterocycles. The lowest BCUT2D eigenvalue weighted by Crippen LogP contribution is -2.04. The van der Waals surface area contributed by atoms with Crippen molar-refractivity contribution in [1.29, 1.82) is 0 Å². The summed E-state index contributed by atoms with van der Waals surface area (Å²) in [6.45, 7) is 2.42. The Morgan fingerprint density at radius 2 is 1.95 bits per heavy atom. The van der Waals surface area contributed by atoms with Crippen molar-refractivity contribution in [2.24, 2.45) is 0 Å². The highest BCUT2D eigenvalue weighted by Crippen LogP contribution is 2.13. The van der Waals surface area contributed by atoms with Crippen LogP contribution in [0.5, 0.6) is 0 Å². The Hall–Kier alpha value is -2.64. The Morgan fingerprint density at radius 1 is 1.19 bits per heavy atom. The van der Waals surface area contributed by atoms with Gasteiger partial charge in [-0.2, -0.15) is 0 Å². The predicted octanol–water partition coefficient (Wildman–Crippen LogP) is 1.30. The second kappa shape index (κ2) is 7.22. The Balaban J connectivity index is 1.84. The SMILES string of the molecule is Cc1nnc(-c2ccc(NCCCCC(=O)O)cn2)nn1. The zero-order valence-corrected chi connectivity index (χ0v) is 11.7. The fraction of sp³-hybridized carbons (Fsp3) is 0.385. The number of anilines is 1. The summed E-state index contributed by atoms with van der Waals surface area (Å²) >= 11 is 0. The molecule has 8 nitrogen and oxygen atoms in total. The molecule has 0 unspecified atom stereocenters. The summed E-state index contributed by atoms with van der Waals surface area (Å²) in [5.74, 6) is 0.133. The number of unbranched alkanes of at least 4 members (excludes halogenated alkanes) is 1. The molecule has 2 heterocycles. The van der Waals surface area contributed by atoms with Gasteiger partial charge in [-0.3, -0.25) is 9.78 Å². The molecule has 0 aromatic carbocycles. The van der Waals surface area contributed by atoms with E-state index in [4.69, 9.17) is 5.11 Å². The molecule has 0 atom stereocenters. The van der Waals surface area contributed by atoms with Gasteiger partial charge in [0.25, 0.3) is 0 Å². The van der Waals surface area contributed by atoms with Crippen molar-refractivity contribution in [1.82, 2.24) is 25.4 Å². The summed E-state index contributed by atoms with van der Waals surface area (Å²) in [7, 11) is 0. The van der Waals surface area contributed by atoms with E-state index in [0.717, 1.165) is 12.1 Å². The van der Waals surface area contributed by atoms with Gasteiger partial charge >= 0.3 is 5.97 Å². The highest BCUT2D eigenvalue weighted by molar-refractivity contribution is 5.66. The first-order valence-electron chi connectivity index (χ1n) is 6.61. The van der Waals surface area contributed by atoms with Gasteiger partial charge in [0.05, 0.1) is 11.9 Å². The number of nitrogens with zero attached hydrogens (tertiary/aromatic N) is 5. The van der Waals surface area contributed by atoms with Gasteiger partial charge in [0.15, 0.2) is 5.82 Å². The van der Waals surface area contributed by atoms with Gasteiger partial charge in [0, 0.05) is 13.0 Å². The lowest BCUT2D eigenvalue weighted by molar-refractivity contribution is -0.137. The molecule has 0 spiro atoms. The number of carboxylic acids is 1. The third kappa shape index (κ3) is 4.75. The third-order valence-electron chi connectivity index (χ3n) is 2.72. The van der Waals surface area contributed by atoms with E-state index in [1.54, 1.807) is 19.2 Å². The van der Waals surface area contributed by atoms with E-state index in [1.165, 1.54) is 0 Å². The van der Waals surface area contributed by atoms with Crippen LogP contribution in [0, 0.1) is 6.92 Å². The number of hydrogen-bond donors (Lipinski definition) is 2. The fourth-order valence-electron chi connectivity index (χ4n) is 1.65. The maximum Gasteiger partial charge on any atom is 0.303 e. The zero-order chi connectivity index (χ0) is 15.1. The van der Waals surface area contributed by atoms with Crippen molar-refractivity contribution in [2.45, 2.75) is 26.2 Å². The highest BCUT2D eigenvalue weighted by atomic mass is 16.4. The van der Waals surface area contributed by atoms with E-state index < -0.39 is 5.97 Å². The Bertz CT molecular complexity index is 585. The van der Waals surface area contributed by atoms with Gasteiger partial charge in [-0.15, -0.1) is 20.4 Å². The smallest absolute Gasteiger partial charge is 0.303 e. The molecule has 2 rings (SSSR count). The molecule has 0 fully saturated rings. The predicted molar refractivity (Wildman–Crippen MR) is 75.6 cm³/mol. The van der Waals surface area contributed by atoms with Crippen LogP contribution in [0.1, 0.15) is 25.1 Å². The second-order valence-electron chi connectivity index (χ2n) is 4.48. The first-order chi connectivity index (χ1) is 10.1. The minimum atomic E-state index is -0.763. The molecule has 2 aromatic rings. The number of aliphatic carboxylic acids is 1. The lowest BCUT2D eigenvalue weighted by Gasteiger charge is -2.05. The lowest BCUT2D eigenvalue weighted by atomic mass is 10.2. The number of pyridine rings is 1. The van der Waals surface area contributed by atoms with Crippen LogP contribution in [0.15, 0.2) is 18.3 Å². The minimum Gasteiger partial charge on any atom is -0.481 e. The molecular formula is C13H16N6O2. The van der Waals surface area contributed by atoms with Crippen molar-refractivity contribution in [3.8, 4) is 11.5 Å². The molecule has 0 amide bonds. The second-order valence-corrected chi connectivity index (χ2v) is 4.48. The average molecular weight is 288 g/mol. The van der Waals surface area contributed by atoms with Crippen LogP contribution in [-0.2, 0) is 4.79 Å². The topological polar surface area (TPSA) is 114 Å². The van der Waals surface area contributed by atoms with Crippen molar-refractivity contribution in [3.63, 3.8) is 0 Å². The summed E-state index contributed by atoms with van der Waals surface area (Å²) in [5, 5.41) is 27.2. The maximum absolute atomic E-state index is 10.4. The zero-order valence-electron chi connectivity index (χ0n) is 11.7. The number of aryl methyl sites for hydroxylation is 1. The van der Waals surface area contributed by atoms with Gasteiger partial charge < -0.3 is 10.4 Å². The molecule has 0 saturated carbocycles. The van der Waals surface area contributed by atoms with Crippen LogP contribution in [0.3, 0.4) is 0 Å². The number of carboxylic acid groups (broad SMARTS) is 1. The number of carbonyl (C=O) groups is 1. The third-order valence-corrected chi connectivity index (χ3v) is 2.72. The summed E-state index contributed by atoms with van der Waals surface area (Å²) < 4.78 is 0.